The third kappa shape index (κ3) is 6.91. The van der Waals surface area contributed by atoms with Crippen molar-refractivity contribution in [3.05, 3.63) is 81.8 Å². The molecule has 0 aliphatic carbocycles. The largest absolute Gasteiger partial charge is 0.480 e. The Hall–Kier alpha value is -4.26. The van der Waals surface area contributed by atoms with Gasteiger partial charge in [-0.25, -0.2) is 17.6 Å². The van der Waals surface area contributed by atoms with E-state index < -0.39 is 45.3 Å². The van der Waals surface area contributed by atoms with E-state index in [2.05, 4.69) is 10.2 Å². The number of rotatable bonds is 11. The van der Waals surface area contributed by atoms with Gasteiger partial charge in [-0.2, -0.15) is 0 Å². The molecular formula is C24H24FN3O8S. The summed E-state index contributed by atoms with van der Waals surface area (Å²) < 4.78 is 39.4. The van der Waals surface area contributed by atoms with E-state index in [1.807, 2.05) is 0 Å². The quantitative estimate of drug-likeness (QED) is 0.281. The van der Waals surface area contributed by atoms with Gasteiger partial charge in [0.25, 0.3) is 5.09 Å². The molecule has 0 unspecified atom stereocenters. The number of halogens is 1. The van der Waals surface area contributed by atoms with E-state index in [-0.39, 0.29) is 17.7 Å². The van der Waals surface area contributed by atoms with Crippen LogP contribution in [0.4, 0.5) is 4.39 Å². The lowest BCUT2D eigenvalue weighted by atomic mass is 10.1. The summed E-state index contributed by atoms with van der Waals surface area (Å²) in [6, 6.07) is 12.1. The molecule has 3 aromatic rings. The molecule has 2 N–H and O–H groups in total. The number of nitrogens with zero attached hydrogens (tertiary/aromatic N) is 2. The number of hydrogen-bond acceptors (Lipinski definition) is 7. The minimum atomic E-state index is -3.42. The Balaban J connectivity index is 1.95. The Kier molecular flexibility index (Phi) is 8.28. The van der Waals surface area contributed by atoms with E-state index in [1.165, 1.54) is 30.3 Å². The first kappa shape index (κ1) is 27.3. The third-order valence-corrected chi connectivity index (χ3v) is 6.71. The topological polar surface area (TPSA) is 158 Å². The molecule has 1 atom stereocenters. The Bertz CT molecular complexity index is 1430. The molecule has 0 saturated carbocycles. The number of hydrogen-bond donors (Lipinski definition) is 2. The van der Waals surface area contributed by atoms with Crippen molar-refractivity contribution < 1.29 is 37.4 Å². The van der Waals surface area contributed by atoms with Gasteiger partial charge in [0.1, 0.15) is 11.9 Å². The standard InChI is InChI=1S/C24H24FN3O8S/c1-15-17(13-23(29)26-21(24(30)31)10-11-36-28(32)33)12-22(27(15)19-5-3-4-18(25)14-19)16-6-8-20(9-7-16)37(2,34)35/h3-9,12,14,21H,10-11,13H2,1-2H3,(H,26,29)(H,30,31)/t21-/m0/s1. The van der Waals surface area contributed by atoms with Crippen LogP contribution in [0.15, 0.2) is 59.5 Å². The van der Waals surface area contributed by atoms with Gasteiger partial charge in [0.2, 0.25) is 5.91 Å². The lowest BCUT2D eigenvalue weighted by Crippen LogP contribution is -2.42. The zero-order valence-corrected chi connectivity index (χ0v) is 20.7. The first-order valence-corrected chi connectivity index (χ1v) is 12.8. The van der Waals surface area contributed by atoms with E-state index in [0.29, 0.717) is 28.2 Å². The summed E-state index contributed by atoms with van der Waals surface area (Å²) in [5.74, 6) is -2.50. The van der Waals surface area contributed by atoms with Crippen molar-refractivity contribution in [2.45, 2.75) is 30.7 Å². The summed E-state index contributed by atoms with van der Waals surface area (Å²) in [6.07, 6.45) is 0.540. The van der Waals surface area contributed by atoms with Crippen LogP contribution in [0.3, 0.4) is 0 Å². The fourth-order valence-corrected chi connectivity index (χ4v) is 4.42. The minimum absolute atomic E-state index is 0.122. The number of carbonyl (C=O) groups excluding carboxylic acids is 1. The maximum absolute atomic E-state index is 14.0. The zero-order valence-electron chi connectivity index (χ0n) is 19.9. The van der Waals surface area contributed by atoms with Crippen LogP contribution in [-0.4, -0.2) is 54.0 Å². The predicted molar refractivity (Wildman–Crippen MR) is 130 cm³/mol. The predicted octanol–water partition coefficient (Wildman–Crippen LogP) is 2.71. The summed E-state index contributed by atoms with van der Waals surface area (Å²) in [4.78, 5) is 38.7. The first-order chi connectivity index (χ1) is 17.4. The summed E-state index contributed by atoms with van der Waals surface area (Å²) in [6.45, 7) is 1.20. The lowest BCUT2D eigenvalue weighted by molar-refractivity contribution is -0.757. The lowest BCUT2D eigenvalue weighted by Gasteiger charge is -2.14. The van der Waals surface area contributed by atoms with E-state index in [4.69, 9.17) is 0 Å². The van der Waals surface area contributed by atoms with Crippen LogP contribution in [-0.2, 0) is 30.7 Å². The number of benzene rings is 2. The van der Waals surface area contributed by atoms with Gasteiger partial charge in [0, 0.05) is 24.1 Å². The minimum Gasteiger partial charge on any atom is -0.480 e. The van der Waals surface area contributed by atoms with Gasteiger partial charge in [-0.3, -0.25) is 4.79 Å². The Morgan fingerprint density at radius 1 is 1.19 bits per heavy atom. The number of sulfone groups is 1. The molecule has 2 aromatic carbocycles. The maximum Gasteiger partial charge on any atom is 0.326 e. The molecule has 0 spiro atoms. The highest BCUT2D eigenvalue weighted by Gasteiger charge is 2.23. The summed E-state index contributed by atoms with van der Waals surface area (Å²) in [5.41, 5.74) is 2.71. The molecule has 3 rings (SSSR count). The molecule has 11 nitrogen and oxygen atoms in total. The molecule has 0 radical (unpaired) electrons. The highest BCUT2D eigenvalue weighted by atomic mass is 32.2. The van der Waals surface area contributed by atoms with Gasteiger partial charge in [-0.05, 0) is 54.4 Å². The number of carbonyl (C=O) groups is 2. The summed E-state index contributed by atoms with van der Waals surface area (Å²) >= 11 is 0. The second kappa shape index (κ2) is 11.2. The molecule has 13 heteroatoms. The molecule has 37 heavy (non-hydrogen) atoms. The normalized spacial score (nSPS) is 12.1. The molecule has 0 aliphatic rings. The van der Waals surface area contributed by atoms with Gasteiger partial charge in [-0.15, -0.1) is 10.1 Å². The average Bonchev–Trinajstić information content (AvgIpc) is 3.13. The fourth-order valence-electron chi connectivity index (χ4n) is 3.79. The monoisotopic (exact) mass is 533 g/mol. The number of carboxylic acid groups (broad SMARTS) is 1. The Morgan fingerprint density at radius 3 is 2.43 bits per heavy atom. The van der Waals surface area contributed by atoms with E-state index >= 15 is 0 Å². The van der Waals surface area contributed by atoms with Crippen molar-refractivity contribution in [1.82, 2.24) is 9.88 Å². The van der Waals surface area contributed by atoms with Crippen LogP contribution < -0.4 is 5.32 Å². The molecule has 0 bridgehead atoms. The van der Waals surface area contributed by atoms with Gasteiger partial charge < -0.3 is 19.8 Å². The number of amides is 1. The molecular weight excluding hydrogens is 509 g/mol. The third-order valence-electron chi connectivity index (χ3n) is 5.58. The van der Waals surface area contributed by atoms with Crippen molar-refractivity contribution in [1.29, 1.82) is 0 Å². The van der Waals surface area contributed by atoms with Crippen molar-refractivity contribution in [3.63, 3.8) is 0 Å². The number of carboxylic acids is 1. The molecule has 0 aliphatic heterocycles. The molecule has 0 saturated heterocycles. The van der Waals surface area contributed by atoms with E-state index in [0.717, 1.165) is 6.26 Å². The van der Waals surface area contributed by atoms with Gasteiger partial charge in [-0.1, -0.05) is 18.2 Å². The zero-order chi connectivity index (χ0) is 27.3. The van der Waals surface area contributed by atoms with Gasteiger partial charge >= 0.3 is 5.97 Å². The van der Waals surface area contributed by atoms with Crippen LogP contribution in [0.5, 0.6) is 0 Å². The van der Waals surface area contributed by atoms with E-state index in [9.17, 15) is 37.6 Å². The van der Waals surface area contributed by atoms with Crippen LogP contribution in [0.1, 0.15) is 17.7 Å². The fraction of sp³-hybridized carbons (Fsp3) is 0.250. The van der Waals surface area contributed by atoms with Crippen molar-refractivity contribution in [2.24, 2.45) is 0 Å². The molecule has 1 heterocycles. The Labute approximate surface area is 211 Å². The highest BCUT2D eigenvalue weighted by molar-refractivity contribution is 7.90. The van der Waals surface area contributed by atoms with E-state index in [1.54, 1.807) is 35.8 Å². The van der Waals surface area contributed by atoms with Crippen molar-refractivity contribution in [2.75, 3.05) is 12.9 Å². The molecule has 0 fully saturated rings. The number of aromatic nitrogens is 1. The maximum atomic E-state index is 14.0. The van der Waals surface area contributed by atoms with Gasteiger partial charge in [0.05, 0.1) is 23.6 Å². The first-order valence-electron chi connectivity index (χ1n) is 10.9. The van der Waals surface area contributed by atoms with Crippen LogP contribution in [0.25, 0.3) is 16.9 Å². The summed E-state index contributed by atoms with van der Waals surface area (Å²) in [7, 11) is -3.42. The second-order valence-corrected chi connectivity index (χ2v) is 10.2. The van der Waals surface area contributed by atoms with Crippen LogP contribution in [0.2, 0.25) is 0 Å². The van der Waals surface area contributed by atoms with Crippen LogP contribution in [0, 0.1) is 22.9 Å². The molecule has 1 amide bonds. The Morgan fingerprint density at radius 2 is 1.86 bits per heavy atom. The smallest absolute Gasteiger partial charge is 0.326 e. The van der Waals surface area contributed by atoms with Crippen molar-refractivity contribution in [3.8, 4) is 16.9 Å². The average molecular weight is 534 g/mol. The second-order valence-electron chi connectivity index (χ2n) is 8.23. The molecule has 196 valence electrons. The molecule has 1 aromatic heterocycles. The SMILES string of the molecule is Cc1c(CC(=O)N[C@@H](CCO[N+](=O)[O-])C(=O)O)cc(-c2ccc(S(C)(=O)=O)cc2)n1-c1cccc(F)c1. The van der Waals surface area contributed by atoms with Gasteiger partial charge in [0.15, 0.2) is 9.84 Å². The number of nitrogens with one attached hydrogen (secondary N) is 1. The van der Waals surface area contributed by atoms with Crippen LogP contribution >= 0.6 is 0 Å². The highest BCUT2D eigenvalue weighted by Crippen LogP contribution is 2.31. The summed E-state index contributed by atoms with van der Waals surface area (Å²) in [5, 5.41) is 20.9. The van der Waals surface area contributed by atoms with Crippen molar-refractivity contribution >= 4 is 21.7 Å². The number of aliphatic carboxylic acids is 1.